The van der Waals surface area contributed by atoms with Crippen molar-refractivity contribution in [1.29, 1.82) is 0 Å². The van der Waals surface area contributed by atoms with Crippen LogP contribution in [0, 0.1) is 5.92 Å². The van der Waals surface area contributed by atoms with Crippen LogP contribution in [0.1, 0.15) is 31.6 Å². The van der Waals surface area contributed by atoms with E-state index in [1.807, 2.05) is 12.1 Å². The molecule has 2 atom stereocenters. The topological polar surface area (TPSA) is 36.6 Å². The van der Waals surface area contributed by atoms with E-state index in [2.05, 4.69) is 11.8 Å². The Bertz CT molecular complexity index is 284. The van der Waals surface area contributed by atoms with Gasteiger partial charge in [-0.15, -0.1) is 0 Å². The Morgan fingerprint density at radius 1 is 1.67 bits per heavy atom. The Morgan fingerprint density at radius 2 is 2.53 bits per heavy atom. The number of aliphatic hydroxyl groups excluding tert-OH is 1. The second-order valence-electron chi connectivity index (χ2n) is 4.38. The molecule has 2 heterocycles. The number of rotatable bonds is 3. The SMILES string of the molecule is C[C@@H](c1ccco1)N1CCC[C@@H](CO)C1. The van der Waals surface area contributed by atoms with Gasteiger partial charge in [-0.25, -0.2) is 0 Å². The van der Waals surface area contributed by atoms with Crippen LogP contribution >= 0.6 is 0 Å². The molecule has 1 fully saturated rings. The minimum atomic E-state index is 0.307. The number of aliphatic hydroxyl groups is 1. The molecular weight excluding hydrogens is 190 g/mol. The molecule has 0 aliphatic carbocycles. The second kappa shape index (κ2) is 4.81. The average molecular weight is 209 g/mol. The Hall–Kier alpha value is -0.800. The third kappa shape index (κ3) is 2.41. The molecule has 15 heavy (non-hydrogen) atoms. The molecule has 2 rings (SSSR count). The highest BCUT2D eigenvalue weighted by Crippen LogP contribution is 2.26. The minimum Gasteiger partial charge on any atom is -0.468 e. The van der Waals surface area contributed by atoms with Crippen LogP contribution in [0.15, 0.2) is 22.8 Å². The summed E-state index contributed by atoms with van der Waals surface area (Å²) in [5.41, 5.74) is 0. The van der Waals surface area contributed by atoms with Crippen LogP contribution < -0.4 is 0 Å². The minimum absolute atomic E-state index is 0.307. The highest BCUT2D eigenvalue weighted by molar-refractivity contribution is 5.03. The number of furan rings is 1. The summed E-state index contributed by atoms with van der Waals surface area (Å²) >= 11 is 0. The predicted molar refractivity (Wildman–Crippen MR) is 58.5 cm³/mol. The van der Waals surface area contributed by atoms with E-state index in [9.17, 15) is 5.11 Å². The number of nitrogens with zero attached hydrogens (tertiary/aromatic N) is 1. The largest absolute Gasteiger partial charge is 0.468 e. The Kier molecular flexibility index (Phi) is 3.44. The van der Waals surface area contributed by atoms with E-state index in [1.54, 1.807) is 6.26 Å². The highest BCUT2D eigenvalue weighted by Gasteiger charge is 2.24. The van der Waals surface area contributed by atoms with E-state index in [-0.39, 0.29) is 0 Å². The van der Waals surface area contributed by atoms with Gasteiger partial charge in [0.1, 0.15) is 5.76 Å². The molecule has 0 bridgehead atoms. The van der Waals surface area contributed by atoms with Gasteiger partial charge in [0.2, 0.25) is 0 Å². The van der Waals surface area contributed by atoms with Crippen molar-refractivity contribution in [2.75, 3.05) is 19.7 Å². The zero-order chi connectivity index (χ0) is 10.7. The van der Waals surface area contributed by atoms with Crippen LogP contribution in [-0.4, -0.2) is 29.7 Å². The first-order valence-corrected chi connectivity index (χ1v) is 5.69. The summed E-state index contributed by atoms with van der Waals surface area (Å²) in [5.74, 6) is 1.46. The molecule has 1 aromatic heterocycles. The maximum atomic E-state index is 9.17. The zero-order valence-corrected chi connectivity index (χ0v) is 9.22. The molecule has 0 spiro atoms. The lowest BCUT2D eigenvalue weighted by Crippen LogP contribution is -2.38. The third-order valence-corrected chi connectivity index (χ3v) is 3.31. The average Bonchev–Trinajstić information content (AvgIpc) is 2.81. The quantitative estimate of drug-likeness (QED) is 0.827. The molecule has 3 heteroatoms. The molecule has 0 aromatic carbocycles. The van der Waals surface area contributed by atoms with E-state index in [1.165, 1.54) is 6.42 Å². The van der Waals surface area contributed by atoms with Crippen molar-refractivity contribution in [2.24, 2.45) is 5.92 Å². The van der Waals surface area contributed by atoms with Gasteiger partial charge in [0.25, 0.3) is 0 Å². The van der Waals surface area contributed by atoms with E-state index >= 15 is 0 Å². The monoisotopic (exact) mass is 209 g/mol. The van der Waals surface area contributed by atoms with Gasteiger partial charge in [-0.3, -0.25) is 4.90 Å². The number of hydrogen-bond donors (Lipinski definition) is 1. The molecule has 0 unspecified atom stereocenters. The summed E-state index contributed by atoms with van der Waals surface area (Å²) < 4.78 is 5.41. The van der Waals surface area contributed by atoms with Gasteiger partial charge < -0.3 is 9.52 Å². The van der Waals surface area contributed by atoms with Crippen molar-refractivity contribution in [2.45, 2.75) is 25.8 Å². The summed E-state index contributed by atoms with van der Waals surface area (Å²) in [7, 11) is 0. The molecule has 0 amide bonds. The predicted octanol–water partition coefficient (Wildman–Crippen LogP) is 2.04. The van der Waals surface area contributed by atoms with Crippen molar-refractivity contribution in [3.8, 4) is 0 Å². The summed E-state index contributed by atoms with van der Waals surface area (Å²) in [6.07, 6.45) is 4.05. The first-order chi connectivity index (χ1) is 7.31. The first kappa shape index (κ1) is 10.7. The maximum absolute atomic E-state index is 9.17. The van der Waals surface area contributed by atoms with Crippen molar-refractivity contribution >= 4 is 0 Å². The van der Waals surface area contributed by atoms with Crippen LogP contribution in [0.4, 0.5) is 0 Å². The van der Waals surface area contributed by atoms with E-state index in [0.717, 1.165) is 25.3 Å². The lowest BCUT2D eigenvalue weighted by atomic mass is 9.97. The molecule has 84 valence electrons. The fourth-order valence-electron chi connectivity index (χ4n) is 2.31. The molecule has 3 nitrogen and oxygen atoms in total. The molecule has 0 radical (unpaired) electrons. The van der Waals surface area contributed by atoms with Crippen molar-refractivity contribution in [1.82, 2.24) is 4.90 Å². The molecule has 1 N–H and O–H groups in total. The van der Waals surface area contributed by atoms with Crippen LogP contribution in [0.2, 0.25) is 0 Å². The van der Waals surface area contributed by atoms with Gasteiger partial charge in [-0.1, -0.05) is 0 Å². The fourth-order valence-corrected chi connectivity index (χ4v) is 2.31. The summed E-state index contributed by atoms with van der Waals surface area (Å²) in [5, 5.41) is 9.17. The normalized spacial score (nSPS) is 25.3. The van der Waals surface area contributed by atoms with Crippen LogP contribution in [0.5, 0.6) is 0 Å². The summed E-state index contributed by atoms with van der Waals surface area (Å²) in [6.45, 7) is 4.57. The van der Waals surface area contributed by atoms with Gasteiger partial charge in [0.15, 0.2) is 0 Å². The van der Waals surface area contributed by atoms with Gasteiger partial charge >= 0.3 is 0 Å². The molecule has 1 aliphatic heterocycles. The Morgan fingerprint density at radius 3 is 3.20 bits per heavy atom. The molecular formula is C12H19NO2. The van der Waals surface area contributed by atoms with Gasteiger partial charge in [0.05, 0.1) is 12.3 Å². The lowest BCUT2D eigenvalue weighted by molar-refractivity contribution is 0.0857. The lowest BCUT2D eigenvalue weighted by Gasteiger charge is -2.35. The maximum Gasteiger partial charge on any atom is 0.120 e. The molecule has 0 saturated carbocycles. The fraction of sp³-hybridized carbons (Fsp3) is 0.667. The van der Waals surface area contributed by atoms with Crippen molar-refractivity contribution < 1.29 is 9.52 Å². The van der Waals surface area contributed by atoms with E-state index in [4.69, 9.17) is 4.42 Å². The van der Waals surface area contributed by atoms with Crippen molar-refractivity contribution in [3.05, 3.63) is 24.2 Å². The highest BCUT2D eigenvalue weighted by atomic mass is 16.3. The number of piperidine rings is 1. The van der Waals surface area contributed by atoms with Crippen LogP contribution in [0.3, 0.4) is 0 Å². The van der Waals surface area contributed by atoms with Crippen LogP contribution in [0.25, 0.3) is 0 Å². The van der Waals surface area contributed by atoms with Crippen LogP contribution in [-0.2, 0) is 0 Å². The molecule has 1 aromatic rings. The zero-order valence-electron chi connectivity index (χ0n) is 9.22. The molecule has 1 saturated heterocycles. The number of likely N-dealkylation sites (tertiary alicyclic amines) is 1. The summed E-state index contributed by atoms with van der Waals surface area (Å²) in [6, 6.07) is 4.28. The standard InChI is InChI=1S/C12H19NO2/c1-10(12-5-3-7-15-12)13-6-2-4-11(8-13)9-14/h3,5,7,10-11,14H,2,4,6,8-9H2,1H3/t10-,11+/m0/s1. The van der Waals surface area contributed by atoms with E-state index < -0.39 is 0 Å². The molecule has 1 aliphatic rings. The first-order valence-electron chi connectivity index (χ1n) is 5.69. The Labute approximate surface area is 90.7 Å². The second-order valence-corrected chi connectivity index (χ2v) is 4.38. The van der Waals surface area contributed by atoms with Gasteiger partial charge in [0, 0.05) is 13.2 Å². The third-order valence-electron chi connectivity index (χ3n) is 3.31. The Balaban J connectivity index is 1.98. The summed E-state index contributed by atoms with van der Waals surface area (Å²) in [4.78, 5) is 2.39. The van der Waals surface area contributed by atoms with Gasteiger partial charge in [-0.2, -0.15) is 0 Å². The van der Waals surface area contributed by atoms with E-state index in [0.29, 0.717) is 18.6 Å². The van der Waals surface area contributed by atoms with Gasteiger partial charge in [-0.05, 0) is 44.4 Å². The smallest absolute Gasteiger partial charge is 0.120 e. The van der Waals surface area contributed by atoms with Crippen molar-refractivity contribution in [3.63, 3.8) is 0 Å². The number of hydrogen-bond acceptors (Lipinski definition) is 3.